The fraction of sp³-hybridized carbons (Fsp3) is 1.00. The zero-order chi connectivity index (χ0) is 11.5. The summed E-state index contributed by atoms with van der Waals surface area (Å²) in [6, 6.07) is 0.680. The summed E-state index contributed by atoms with van der Waals surface area (Å²) in [6.45, 7) is 8.34. The highest BCUT2D eigenvalue weighted by atomic mass is 15.2. The predicted molar refractivity (Wildman–Crippen MR) is 66.3 cm³/mol. The zero-order valence-corrected chi connectivity index (χ0v) is 11.0. The molecule has 1 aliphatic heterocycles. The van der Waals surface area contributed by atoms with E-state index in [-0.39, 0.29) is 0 Å². The molecule has 1 rings (SSSR count). The maximum Gasteiger partial charge on any atom is 0.0209 e. The molecule has 0 aliphatic carbocycles. The van der Waals surface area contributed by atoms with E-state index in [0.29, 0.717) is 11.6 Å². The minimum atomic E-state index is 0.375. The number of nitrogens with one attached hydrogen (secondary N) is 1. The van der Waals surface area contributed by atoms with Gasteiger partial charge in [-0.3, -0.25) is 4.90 Å². The fourth-order valence-corrected chi connectivity index (χ4v) is 2.47. The van der Waals surface area contributed by atoms with Crippen molar-refractivity contribution in [2.75, 3.05) is 40.8 Å². The van der Waals surface area contributed by atoms with E-state index in [2.05, 4.69) is 50.1 Å². The van der Waals surface area contributed by atoms with Crippen molar-refractivity contribution in [1.82, 2.24) is 15.1 Å². The van der Waals surface area contributed by atoms with E-state index in [9.17, 15) is 0 Å². The largest absolute Gasteiger partial charge is 0.316 e. The van der Waals surface area contributed by atoms with Crippen LogP contribution in [0, 0.1) is 0 Å². The van der Waals surface area contributed by atoms with Crippen LogP contribution < -0.4 is 5.32 Å². The minimum Gasteiger partial charge on any atom is -0.316 e. The van der Waals surface area contributed by atoms with Gasteiger partial charge in [0.1, 0.15) is 0 Å². The summed E-state index contributed by atoms with van der Waals surface area (Å²) in [5.41, 5.74) is 0.375. The van der Waals surface area contributed by atoms with E-state index in [1.54, 1.807) is 0 Å². The van der Waals surface area contributed by atoms with Gasteiger partial charge in [-0.05, 0) is 60.9 Å². The maximum atomic E-state index is 3.40. The summed E-state index contributed by atoms with van der Waals surface area (Å²) in [7, 11) is 6.36. The molecule has 1 atom stereocenters. The zero-order valence-electron chi connectivity index (χ0n) is 11.0. The van der Waals surface area contributed by atoms with Gasteiger partial charge < -0.3 is 10.2 Å². The molecule has 1 fully saturated rings. The Labute approximate surface area is 94.8 Å². The van der Waals surface area contributed by atoms with Gasteiger partial charge in [-0.25, -0.2) is 0 Å². The molecule has 1 N–H and O–H groups in total. The summed E-state index contributed by atoms with van der Waals surface area (Å²) < 4.78 is 0. The predicted octanol–water partition coefficient (Wildman–Crippen LogP) is 1.01. The second-order valence-corrected chi connectivity index (χ2v) is 5.61. The van der Waals surface area contributed by atoms with Crippen molar-refractivity contribution in [3.8, 4) is 0 Å². The molecule has 0 spiro atoms. The maximum absolute atomic E-state index is 3.40. The molecule has 15 heavy (non-hydrogen) atoms. The van der Waals surface area contributed by atoms with Crippen molar-refractivity contribution in [3.63, 3.8) is 0 Å². The third-order valence-electron chi connectivity index (χ3n) is 3.48. The molecule has 0 bridgehead atoms. The molecular weight excluding hydrogens is 186 g/mol. The molecule has 0 saturated carbocycles. The monoisotopic (exact) mass is 213 g/mol. The van der Waals surface area contributed by atoms with E-state index in [1.807, 2.05) is 0 Å². The lowest BCUT2D eigenvalue weighted by Crippen LogP contribution is -2.39. The summed E-state index contributed by atoms with van der Waals surface area (Å²) >= 11 is 0. The third kappa shape index (κ3) is 3.74. The van der Waals surface area contributed by atoms with Crippen molar-refractivity contribution in [2.24, 2.45) is 0 Å². The summed E-state index contributed by atoms with van der Waals surface area (Å²) in [4.78, 5) is 4.89. The normalized spacial score (nSPS) is 26.4. The third-order valence-corrected chi connectivity index (χ3v) is 3.48. The molecule has 3 nitrogen and oxygen atoms in total. The van der Waals surface area contributed by atoms with E-state index in [4.69, 9.17) is 0 Å². The summed E-state index contributed by atoms with van der Waals surface area (Å²) in [5.74, 6) is 0. The highest BCUT2D eigenvalue weighted by Gasteiger charge is 2.36. The van der Waals surface area contributed by atoms with Crippen LogP contribution in [0.25, 0.3) is 0 Å². The van der Waals surface area contributed by atoms with Crippen LogP contribution in [0.2, 0.25) is 0 Å². The number of likely N-dealkylation sites (tertiary alicyclic amines) is 1. The van der Waals surface area contributed by atoms with Crippen molar-refractivity contribution in [2.45, 2.75) is 38.3 Å². The van der Waals surface area contributed by atoms with Gasteiger partial charge in [-0.2, -0.15) is 0 Å². The van der Waals surface area contributed by atoms with Crippen LogP contribution in [0.4, 0.5) is 0 Å². The lowest BCUT2D eigenvalue weighted by molar-refractivity contribution is 0.167. The van der Waals surface area contributed by atoms with Gasteiger partial charge >= 0.3 is 0 Å². The van der Waals surface area contributed by atoms with Gasteiger partial charge in [0.15, 0.2) is 0 Å². The van der Waals surface area contributed by atoms with Crippen LogP contribution in [-0.2, 0) is 0 Å². The number of likely N-dealkylation sites (N-methyl/N-ethyl adjacent to an activating group) is 1. The van der Waals surface area contributed by atoms with Crippen molar-refractivity contribution >= 4 is 0 Å². The van der Waals surface area contributed by atoms with Crippen molar-refractivity contribution < 1.29 is 0 Å². The fourth-order valence-electron chi connectivity index (χ4n) is 2.47. The van der Waals surface area contributed by atoms with Crippen molar-refractivity contribution in [3.05, 3.63) is 0 Å². The summed E-state index contributed by atoms with van der Waals surface area (Å²) in [5, 5.41) is 3.40. The molecule has 0 radical (unpaired) electrons. The second kappa shape index (κ2) is 5.28. The first kappa shape index (κ1) is 12.9. The van der Waals surface area contributed by atoms with E-state index >= 15 is 0 Å². The first-order valence-corrected chi connectivity index (χ1v) is 6.03. The van der Waals surface area contributed by atoms with Crippen LogP contribution in [0.15, 0.2) is 0 Å². The molecule has 0 aromatic heterocycles. The Morgan fingerprint density at radius 1 is 1.40 bits per heavy atom. The van der Waals surface area contributed by atoms with E-state index < -0.39 is 0 Å². The van der Waals surface area contributed by atoms with Crippen molar-refractivity contribution in [1.29, 1.82) is 0 Å². The molecule has 0 amide bonds. The molecule has 3 heteroatoms. The Morgan fingerprint density at radius 2 is 2.07 bits per heavy atom. The van der Waals surface area contributed by atoms with Gasteiger partial charge in [0.2, 0.25) is 0 Å². The number of hydrogen-bond donors (Lipinski definition) is 1. The number of rotatable bonds is 5. The summed E-state index contributed by atoms with van der Waals surface area (Å²) in [6.07, 6.45) is 2.54. The molecular formula is C12H27N3. The van der Waals surface area contributed by atoms with Gasteiger partial charge in [-0.1, -0.05) is 0 Å². The first-order valence-electron chi connectivity index (χ1n) is 6.03. The van der Waals surface area contributed by atoms with Gasteiger partial charge in [0.05, 0.1) is 0 Å². The van der Waals surface area contributed by atoms with Gasteiger partial charge in [0.25, 0.3) is 0 Å². The highest BCUT2D eigenvalue weighted by molar-refractivity contribution is 4.95. The van der Waals surface area contributed by atoms with E-state index in [1.165, 1.54) is 32.5 Å². The van der Waals surface area contributed by atoms with Crippen LogP contribution in [-0.4, -0.2) is 62.2 Å². The van der Waals surface area contributed by atoms with Gasteiger partial charge in [0, 0.05) is 18.1 Å². The first-order chi connectivity index (χ1) is 6.95. The smallest absolute Gasteiger partial charge is 0.0209 e. The second-order valence-electron chi connectivity index (χ2n) is 5.61. The average molecular weight is 213 g/mol. The van der Waals surface area contributed by atoms with Crippen LogP contribution in [0.3, 0.4) is 0 Å². The number of hydrogen-bond acceptors (Lipinski definition) is 3. The molecule has 90 valence electrons. The minimum absolute atomic E-state index is 0.375. The topological polar surface area (TPSA) is 18.5 Å². The number of nitrogens with zero attached hydrogens (tertiary/aromatic N) is 2. The van der Waals surface area contributed by atoms with Gasteiger partial charge in [-0.15, -0.1) is 0 Å². The Bertz CT molecular complexity index is 189. The molecule has 1 saturated heterocycles. The molecule has 1 unspecified atom stereocenters. The molecule has 0 aromatic carbocycles. The quantitative estimate of drug-likeness (QED) is 0.735. The Kier molecular flexibility index (Phi) is 4.56. The van der Waals surface area contributed by atoms with Crippen LogP contribution in [0.5, 0.6) is 0 Å². The Balaban J connectivity index is 2.34. The Morgan fingerprint density at radius 3 is 2.53 bits per heavy atom. The van der Waals surface area contributed by atoms with Crippen LogP contribution in [0.1, 0.15) is 26.7 Å². The SMILES string of the molecule is CNC1CN(CCCN(C)C)C(C)(C)C1. The highest BCUT2D eigenvalue weighted by Crippen LogP contribution is 2.28. The standard InChI is InChI=1S/C12H27N3/c1-12(2)9-11(13-3)10-15(12)8-6-7-14(4)5/h11,13H,6-10H2,1-5H3. The Hall–Kier alpha value is -0.120. The molecule has 1 heterocycles. The lowest BCUT2D eigenvalue weighted by Gasteiger charge is -2.31. The average Bonchev–Trinajstić information content (AvgIpc) is 2.41. The molecule has 0 aromatic rings. The van der Waals surface area contributed by atoms with E-state index in [0.717, 1.165) is 0 Å². The lowest BCUT2D eigenvalue weighted by atomic mass is 10.0. The van der Waals surface area contributed by atoms with Crippen LogP contribution >= 0.6 is 0 Å². The molecule has 1 aliphatic rings.